The van der Waals surface area contributed by atoms with Crippen molar-refractivity contribution in [2.24, 2.45) is 0 Å². The Balaban J connectivity index is 0.00000242. The van der Waals surface area contributed by atoms with Gasteiger partial charge in [-0.1, -0.05) is 0 Å². The van der Waals surface area contributed by atoms with Crippen LogP contribution in [0.25, 0.3) is 0 Å². The van der Waals surface area contributed by atoms with Gasteiger partial charge in [0.25, 0.3) is 0 Å². The number of benzene rings is 1. The lowest BCUT2D eigenvalue weighted by atomic mass is 9.89. The van der Waals surface area contributed by atoms with Crippen molar-refractivity contribution in [2.75, 3.05) is 18.9 Å². The average molecular weight is 329 g/mol. The molecule has 1 unspecified atom stereocenters. The number of anilines is 1. The molecular weight excluding hydrogens is 304 g/mol. The lowest BCUT2D eigenvalue weighted by molar-refractivity contribution is -0.123. The number of hydrogen-bond acceptors (Lipinski definition) is 4. The minimum absolute atomic E-state index is 0. The van der Waals surface area contributed by atoms with Crippen molar-refractivity contribution < 1.29 is 14.3 Å². The quantitative estimate of drug-likeness (QED) is 0.644. The second kappa shape index (κ2) is 7.70. The van der Waals surface area contributed by atoms with Gasteiger partial charge in [-0.2, -0.15) is 0 Å². The fourth-order valence-corrected chi connectivity index (χ4v) is 2.58. The summed E-state index contributed by atoms with van der Waals surface area (Å²) in [5.41, 5.74) is 7.15. The van der Waals surface area contributed by atoms with Crippen LogP contribution in [0.5, 0.6) is 5.75 Å². The van der Waals surface area contributed by atoms with Crippen molar-refractivity contribution in [1.82, 2.24) is 5.32 Å². The molecule has 6 heteroatoms. The Labute approximate surface area is 138 Å². The molecule has 0 fully saturated rings. The summed E-state index contributed by atoms with van der Waals surface area (Å²) in [4.78, 5) is 12.0. The van der Waals surface area contributed by atoms with E-state index in [-0.39, 0.29) is 30.0 Å². The number of amides is 1. The van der Waals surface area contributed by atoms with Crippen LogP contribution in [-0.4, -0.2) is 24.7 Å². The second-order valence-corrected chi connectivity index (χ2v) is 5.93. The van der Waals surface area contributed by atoms with Crippen molar-refractivity contribution in [1.29, 1.82) is 0 Å². The topological polar surface area (TPSA) is 73.6 Å². The number of nitrogens with one attached hydrogen (secondary N) is 1. The van der Waals surface area contributed by atoms with E-state index in [1.54, 1.807) is 0 Å². The van der Waals surface area contributed by atoms with Crippen molar-refractivity contribution in [3.63, 3.8) is 0 Å². The SMILES string of the molecule is CCOCCC(=O)NC1CC(C)(C)Oc2ccc(N)cc21.Cl. The van der Waals surface area contributed by atoms with E-state index >= 15 is 0 Å². The van der Waals surface area contributed by atoms with Crippen LogP contribution in [0.4, 0.5) is 5.69 Å². The Morgan fingerprint density at radius 2 is 2.23 bits per heavy atom. The van der Waals surface area contributed by atoms with Crippen LogP contribution in [-0.2, 0) is 9.53 Å². The largest absolute Gasteiger partial charge is 0.487 e. The predicted octanol–water partition coefficient (Wildman–Crippen LogP) is 2.84. The van der Waals surface area contributed by atoms with Crippen molar-refractivity contribution in [3.05, 3.63) is 23.8 Å². The van der Waals surface area contributed by atoms with Gasteiger partial charge >= 0.3 is 0 Å². The number of fused-ring (bicyclic) bond motifs is 1. The molecule has 0 aliphatic carbocycles. The van der Waals surface area contributed by atoms with Crippen molar-refractivity contribution in [2.45, 2.75) is 45.3 Å². The minimum atomic E-state index is -0.318. The molecule has 1 atom stereocenters. The van der Waals surface area contributed by atoms with Crippen molar-refractivity contribution >= 4 is 24.0 Å². The molecule has 1 aromatic rings. The molecule has 1 aromatic carbocycles. The first-order valence-electron chi connectivity index (χ1n) is 7.37. The van der Waals surface area contributed by atoms with Gasteiger partial charge in [-0.3, -0.25) is 4.79 Å². The lowest BCUT2D eigenvalue weighted by Crippen LogP contribution is -2.41. The van der Waals surface area contributed by atoms with E-state index in [2.05, 4.69) is 5.32 Å². The van der Waals surface area contributed by atoms with Crippen LogP contribution in [0.1, 0.15) is 45.2 Å². The van der Waals surface area contributed by atoms with E-state index < -0.39 is 0 Å². The van der Waals surface area contributed by atoms with Gasteiger partial charge in [0.05, 0.1) is 12.6 Å². The molecule has 22 heavy (non-hydrogen) atoms. The summed E-state index contributed by atoms with van der Waals surface area (Å²) in [6, 6.07) is 5.47. The summed E-state index contributed by atoms with van der Waals surface area (Å²) < 4.78 is 11.2. The first-order valence-corrected chi connectivity index (χ1v) is 7.37. The molecule has 0 aromatic heterocycles. The van der Waals surface area contributed by atoms with Crippen LogP contribution < -0.4 is 15.8 Å². The highest BCUT2D eigenvalue weighted by molar-refractivity contribution is 5.85. The van der Waals surface area contributed by atoms with E-state index in [1.165, 1.54) is 0 Å². The van der Waals surface area contributed by atoms with E-state index in [0.29, 0.717) is 31.7 Å². The molecular formula is C16H25ClN2O3. The Morgan fingerprint density at radius 1 is 1.50 bits per heavy atom. The van der Waals surface area contributed by atoms with Gasteiger partial charge in [-0.25, -0.2) is 0 Å². The molecule has 5 nitrogen and oxygen atoms in total. The molecule has 1 aliphatic rings. The van der Waals surface area contributed by atoms with Crippen molar-refractivity contribution in [3.8, 4) is 5.75 Å². The van der Waals surface area contributed by atoms with Crippen LogP contribution >= 0.6 is 12.4 Å². The summed E-state index contributed by atoms with van der Waals surface area (Å²) in [7, 11) is 0. The van der Waals surface area contributed by atoms with Crippen LogP contribution in [0.3, 0.4) is 0 Å². The van der Waals surface area contributed by atoms with Gasteiger partial charge in [0.2, 0.25) is 5.91 Å². The molecule has 0 spiro atoms. The van der Waals surface area contributed by atoms with E-state index in [1.807, 2.05) is 39.0 Å². The van der Waals surface area contributed by atoms with Crippen LogP contribution in [0, 0.1) is 0 Å². The Bertz CT molecular complexity index is 520. The molecule has 0 saturated heterocycles. The highest BCUT2D eigenvalue weighted by Crippen LogP contribution is 2.40. The number of hydrogen-bond donors (Lipinski definition) is 2. The van der Waals surface area contributed by atoms with Gasteiger partial charge in [0.15, 0.2) is 0 Å². The van der Waals surface area contributed by atoms with Gasteiger partial charge in [0.1, 0.15) is 11.4 Å². The molecule has 0 radical (unpaired) electrons. The maximum absolute atomic E-state index is 12.0. The van der Waals surface area contributed by atoms with Crippen LogP contribution in [0.2, 0.25) is 0 Å². The normalized spacial score (nSPS) is 18.6. The van der Waals surface area contributed by atoms with Gasteiger partial charge in [0, 0.05) is 30.7 Å². The molecule has 1 amide bonds. The number of nitrogens with two attached hydrogens (primary N) is 1. The number of rotatable bonds is 5. The highest BCUT2D eigenvalue weighted by atomic mass is 35.5. The number of nitrogen functional groups attached to an aromatic ring is 1. The molecule has 1 aliphatic heterocycles. The van der Waals surface area contributed by atoms with Gasteiger partial charge < -0.3 is 20.5 Å². The van der Waals surface area contributed by atoms with E-state index in [0.717, 1.165) is 11.3 Å². The third kappa shape index (κ3) is 4.78. The number of carbonyl (C=O) groups is 1. The standard InChI is InChI=1S/C16H24N2O3.ClH/c1-4-20-8-7-15(19)18-13-10-16(2,3)21-14-6-5-11(17)9-12(13)14;/h5-6,9,13H,4,7-8,10,17H2,1-3H3,(H,18,19);1H. The average Bonchev–Trinajstić information content (AvgIpc) is 2.39. The number of carbonyl (C=O) groups excluding carboxylic acids is 1. The zero-order valence-corrected chi connectivity index (χ0v) is 14.2. The molecule has 2 rings (SSSR count). The first-order chi connectivity index (χ1) is 9.91. The zero-order chi connectivity index (χ0) is 15.5. The Hall–Kier alpha value is -1.46. The maximum atomic E-state index is 12.0. The fourth-order valence-electron chi connectivity index (χ4n) is 2.58. The number of ether oxygens (including phenoxy) is 2. The van der Waals surface area contributed by atoms with Gasteiger partial charge in [-0.15, -0.1) is 12.4 Å². The minimum Gasteiger partial charge on any atom is -0.487 e. The zero-order valence-electron chi connectivity index (χ0n) is 13.3. The summed E-state index contributed by atoms with van der Waals surface area (Å²) >= 11 is 0. The number of halogens is 1. The molecule has 3 N–H and O–H groups in total. The molecule has 1 heterocycles. The summed E-state index contributed by atoms with van der Waals surface area (Å²) in [5.74, 6) is 0.773. The third-order valence-electron chi connectivity index (χ3n) is 3.50. The van der Waals surface area contributed by atoms with Gasteiger partial charge in [-0.05, 0) is 39.0 Å². The predicted molar refractivity (Wildman–Crippen MR) is 89.4 cm³/mol. The van der Waals surface area contributed by atoms with E-state index in [9.17, 15) is 4.79 Å². The van der Waals surface area contributed by atoms with E-state index in [4.69, 9.17) is 15.2 Å². The second-order valence-electron chi connectivity index (χ2n) is 5.93. The fraction of sp³-hybridized carbons (Fsp3) is 0.562. The monoisotopic (exact) mass is 328 g/mol. The van der Waals surface area contributed by atoms with Crippen LogP contribution in [0.15, 0.2) is 18.2 Å². The summed E-state index contributed by atoms with van der Waals surface area (Å²) in [5, 5.41) is 3.06. The molecule has 124 valence electrons. The Morgan fingerprint density at radius 3 is 2.91 bits per heavy atom. The lowest BCUT2D eigenvalue weighted by Gasteiger charge is -2.38. The Kier molecular flexibility index (Phi) is 6.50. The molecule has 0 bridgehead atoms. The molecule has 0 saturated carbocycles. The maximum Gasteiger partial charge on any atom is 0.222 e. The third-order valence-corrected chi connectivity index (χ3v) is 3.50. The smallest absolute Gasteiger partial charge is 0.222 e. The highest BCUT2D eigenvalue weighted by Gasteiger charge is 2.34. The summed E-state index contributed by atoms with van der Waals surface area (Å²) in [6.45, 7) is 7.02. The summed E-state index contributed by atoms with van der Waals surface area (Å²) in [6.07, 6.45) is 1.08. The first kappa shape index (κ1) is 18.6.